The van der Waals surface area contributed by atoms with Crippen LogP contribution in [0.4, 0.5) is 4.39 Å². The smallest absolute Gasteiger partial charge is 0.329 e. The third-order valence-electron chi connectivity index (χ3n) is 7.29. The fraction of sp³-hybridized carbons (Fsp3) is 0.222. The van der Waals surface area contributed by atoms with Crippen LogP contribution in [-0.4, -0.2) is 20.4 Å². The summed E-state index contributed by atoms with van der Waals surface area (Å²) in [4.78, 5) is 44.8. The molecule has 1 amide bonds. The van der Waals surface area contributed by atoms with E-state index in [-0.39, 0.29) is 27.1 Å². The van der Waals surface area contributed by atoms with Gasteiger partial charge in [0.05, 0.1) is 33.0 Å². The Morgan fingerprint density at radius 3 is 2.81 bits per heavy atom. The van der Waals surface area contributed by atoms with E-state index in [1.165, 1.54) is 0 Å². The van der Waals surface area contributed by atoms with Crippen LogP contribution in [0.1, 0.15) is 46.6 Å². The van der Waals surface area contributed by atoms with E-state index < -0.39 is 29.0 Å². The first-order valence-corrected chi connectivity index (χ1v) is 12.1. The molecule has 2 aromatic heterocycles. The van der Waals surface area contributed by atoms with Crippen LogP contribution in [0.2, 0.25) is 5.02 Å². The van der Waals surface area contributed by atoms with Crippen molar-refractivity contribution in [1.29, 1.82) is 0 Å². The maximum Gasteiger partial charge on any atom is 0.329 e. The minimum atomic E-state index is -0.852. The van der Waals surface area contributed by atoms with Crippen LogP contribution in [0.5, 0.6) is 0 Å². The third-order valence-corrected chi connectivity index (χ3v) is 7.61. The first-order valence-electron chi connectivity index (χ1n) is 11.7. The maximum atomic E-state index is 15.8. The van der Waals surface area contributed by atoms with Crippen LogP contribution >= 0.6 is 11.6 Å². The van der Waals surface area contributed by atoms with Gasteiger partial charge in [0.2, 0.25) is 0 Å². The molecule has 1 unspecified atom stereocenters. The number of carbonyl (C=O) groups is 1. The van der Waals surface area contributed by atoms with Crippen LogP contribution < -0.4 is 17.0 Å². The highest BCUT2D eigenvalue weighted by Gasteiger charge is 2.31. The number of fused-ring (bicyclic) bond motifs is 4. The lowest BCUT2D eigenvalue weighted by molar-refractivity contribution is 0.100. The van der Waals surface area contributed by atoms with Crippen LogP contribution in [0.15, 0.2) is 52.1 Å². The summed E-state index contributed by atoms with van der Waals surface area (Å²) in [5.74, 6) is -0.922. The molecule has 0 radical (unpaired) electrons. The molecule has 0 bridgehead atoms. The molecule has 182 valence electrons. The molecule has 9 heteroatoms. The van der Waals surface area contributed by atoms with Gasteiger partial charge in [0.15, 0.2) is 0 Å². The highest BCUT2D eigenvalue weighted by molar-refractivity contribution is 6.34. The molecule has 0 saturated heterocycles. The quantitative estimate of drug-likeness (QED) is 0.384. The monoisotopic (exact) mass is 504 g/mol. The number of carbonyl (C=O) groups excluding carboxylic acids is 1. The number of allylic oxidation sites excluding steroid dienone is 4. The van der Waals surface area contributed by atoms with E-state index in [1.54, 1.807) is 36.4 Å². The number of aromatic nitrogens is 3. The Hall–Kier alpha value is -3.91. The topological polar surface area (TPSA) is 114 Å². The normalized spacial score (nSPS) is 19.1. The Kier molecular flexibility index (Phi) is 5.05. The van der Waals surface area contributed by atoms with Gasteiger partial charge >= 0.3 is 5.69 Å². The number of aryl methyl sites for hydroxylation is 1. The van der Waals surface area contributed by atoms with Gasteiger partial charge in [-0.1, -0.05) is 42.8 Å². The van der Waals surface area contributed by atoms with E-state index in [9.17, 15) is 14.4 Å². The summed E-state index contributed by atoms with van der Waals surface area (Å²) in [5, 5.41) is 1.10. The lowest BCUT2D eigenvalue weighted by Gasteiger charge is -2.21. The second kappa shape index (κ2) is 8.06. The van der Waals surface area contributed by atoms with Gasteiger partial charge in [0.1, 0.15) is 5.82 Å². The molecule has 4 aromatic rings. The van der Waals surface area contributed by atoms with Gasteiger partial charge in [-0.05, 0) is 54.5 Å². The van der Waals surface area contributed by atoms with Crippen molar-refractivity contribution in [1.82, 2.24) is 14.5 Å². The number of amides is 1. The molecule has 0 saturated carbocycles. The largest absolute Gasteiger partial charge is 0.366 e. The Labute approximate surface area is 209 Å². The Bertz CT molecular complexity index is 1790. The third kappa shape index (κ3) is 3.21. The molecule has 2 aliphatic carbocycles. The molecule has 36 heavy (non-hydrogen) atoms. The van der Waals surface area contributed by atoms with Crippen LogP contribution in [-0.2, 0) is 12.8 Å². The number of primary amides is 1. The molecular formula is C27H22ClFN4O3. The number of hydrogen-bond donors (Lipinski definition) is 3. The van der Waals surface area contributed by atoms with Gasteiger partial charge < -0.3 is 15.7 Å². The zero-order valence-electron chi connectivity index (χ0n) is 19.3. The molecule has 0 spiro atoms. The number of aromatic amines is 2. The molecular weight excluding hydrogens is 483 g/mol. The number of hydrogen-bond acceptors (Lipinski definition) is 3. The first-order chi connectivity index (χ1) is 17.3. The Morgan fingerprint density at radius 2 is 2.03 bits per heavy atom. The number of para-hydroxylation sites is 1. The highest BCUT2D eigenvalue weighted by Crippen LogP contribution is 2.42. The zero-order valence-corrected chi connectivity index (χ0v) is 20.1. The SMILES string of the molecule is C[C@H]1CCc2c([nH]c3c(C(N)=O)cc(F)c(C4=CC=CC4n4c(=O)[nH]c5c(Cl)cccc5c4=O)c23)C1. The summed E-state index contributed by atoms with van der Waals surface area (Å²) in [5.41, 5.74) is 7.84. The standard InChI is InChI=1S/C27H22ClFN4O3/c1-12-8-9-13-19(10-12)31-24-16(25(30)34)11-18(29)21(22(13)24)14-4-3-7-20(14)33-26(35)15-5-2-6-17(28)23(15)32-27(33)36/h2-7,11-12,20,31H,8-10H2,1H3,(H2,30,34)(H,32,36)/t12-,20?/m0/s1. The van der Waals surface area contributed by atoms with Crippen LogP contribution in [0.3, 0.4) is 0 Å². The number of nitrogens with one attached hydrogen (secondary N) is 2. The predicted molar refractivity (Wildman–Crippen MR) is 138 cm³/mol. The van der Waals surface area contributed by atoms with Crippen molar-refractivity contribution < 1.29 is 9.18 Å². The minimum absolute atomic E-state index is 0.0757. The molecule has 4 N–H and O–H groups in total. The van der Waals surface area contributed by atoms with Crippen LogP contribution in [0, 0.1) is 11.7 Å². The lowest BCUT2D eigenvalue weighted by atomic mass is 9.85. The molecule has 7 nitrogen and oxygen atoms in total. The fourth-order valence-electron chi connectivity index (χ4n) is 5.62. The molecule has 2 aromatic carbocycles. The van der Waals surface area contributed by atoms with Crippen molar-refractivity contribution >= 4 is 44.9 Å². The zero-order chi connectivity index (χ0) is 25.3. The molecule has 2 heterocycles. The average Bonchev–Trinajstić information content (AvgIpc) is 3.44. The second-order valence-electron chi connectivity index (χ2n) is 9.54. The number of nitrogens with two attached hydrogens (primary N) is 1. The Morgan fingerprint density at radius 1 is 1.22 bits per heavy atom. The summed E-state index contributed by atoms with van der Waals surface area (Å²) < 4.78 is 16.9. The van der Waals surface area contributed by atoms with Gasteiger partial charge in [0, 0.05) is 16.6 Å². The van der Waals surface area contributed by atoms with Gasteiger partial charge in [0.25, 0.3) is 11.5 Å². The number of H-pyrrole nitrogens is 2. The van der Waals surface area contributed by atoms with Crippen molar-refractivity contribution in [3.63, 3.8) is 0 Å². The van der Waals surface area contributed by atoms with Crippen molar-refractivity contribution in [2.24, 2.45) is 11.7 Å². The molecule has 2 atom stereocenters. The molecule has 0 aliphatic heterocycles. The van der Waals surface area contributed by atoms with E-state index in [0.717, 1.165) is 34.7 Å². The van der Waals surface area contributed by atoms with Crippen molar-refractivity contribution in [3.8, 4) is 0 Å². The van der Waals surface area contributed by atoms with Gasteiger partial charge in [-0.2, -0.15) is 0 Å². The summed E-state index contributed by atoms with van der Waals surface area (Å²) in [7, 11) is 0. The van der Waals surface area contributed by atoms with Crippen molar-refractivity contribution in [2.75, 3.05) is 0 Å². The average molecular weight is 505 g/mol. The van der Waals surface area contributed by atoms with Crippen LogP contribution in [0.25, 0.3) is 27.4 Å². The Balaban J connectivity index is 1.62. The number of benzene rings is 2. The highest BCUT2D eigenvalue weighted by atomic mass is 35.5. The minimum Gasteiger partial charge on any atom is -0.366 e. The van der Waals surface area contributed by atoms with E-state index >= 15 is 4.39 Å². The summed E-state index contributed by atoms with van der Waals surface area (Å²) in [6, 6.07) is 5.09. The number of nitrogens with zero attached hydrogens (tertiary/aromatic N) is 1. The maximum absolute atomic E-state index is 15.8. The van der Waals surface area contributed by atoms with E-state index in [0.29, 0.717) is 28.8 Å². The summed E-state index contributed by atoms with van der Waals surface area (Å²) in [6.45, 7) is 2.15. The first kappa shape index (κ1) is 22.5. The predicted octanol–water partition coefficient (Wildman–Crippen LogP) is 4.38. The summed E-state index contributed by atoms with van der Waals surface area (Å²) in [6.07, 6.45) is 7.48. The van der Waals surface area contributed by atoms with Crippen molar-refractivity contribution in [2.45, 2.75) is 32.2 Å². The molecule has 2 aliphatic rings. The van der Waals surface area contributed by atoms with Gasteiger partial charge in [-0.25, -0.2) is 13.8 Å². The van der Waals surface area contributed by atoms with E-state index in [2.05, 4.69) is 16.9 Å². The van der Waals surface area contributed by atoms with E-state index in [4.69, 9.17) is 17.3 Å². The molecule has 0 fully saturated rings. The lowest BCUT2D eigenvalue weighted by Crippen LogP contribution is -2.37. The number of rotatable bonds is 3. The summed E-state index contributed by atoms with van der Waals surface area (Å²) >= 11 is 6.19. The van der Waals surface area contributed by atoms with Gasteiger partial charge in [-0.3, -0.25) is 9.59 Å². The van der Waals surface area contributed by atoms with Gasteiger partial charge in [-0.15, -0.1) is 0 Å². The van der Waals surface area contributed by atoms with E-state index in [1.807, 2.05) is 0 Å². The molecule has 6 rings (SSSR count). The van der Waals surface area contributed by atoms with Crippen molar-refractivity contribution in [3.05, 3.63) is 96.6 Å². The number of halogens is 2. The fourth-order valence-corrected chi connectivity index (χ4v) is 5.84. The second-order valence-corrected chi connectivity index (χ2v) is 9.95.